The number of hydrogen-bond donors (Lipinski definition) is 1. The number of rotatable bonds is 9. The van der Waals surface area contributed by atoms with Crippen LogP contribution >= 0.6 is 0 Å². The molecule has 0 bridgehead atoms. The normalized spacial score (nSPS) is 13.8. The van der Waals surface area contributed by atoms with Gasteiger partial charge in [0.05, 0.1) is 23.4 Å². The zero-order valence-corrected chi connectivity index (χ0v) is 22.1. The van der Waals surface area contributed by atoms with Gasteiger partial charge in [0.15, 0.2) is 5.69 Å². The first kappa shape index (κ1) is 27.0. The van der Waals surface area contributed by atoms with Gasteiger partial charge < -0.3 is 14.5 Å². The van der Waals surface area contributed by atoms with Crippen LogP contribution in [0.25, 0.3) is 5.69 Å². The fourth-order valence-corrected chi connectivity index (χ4v) is 5.98. The lowest BCUT2D eigenvalue weighted by molar-refractivity contribution is -0.385. The number of nitro benzene ring substituents is 1. The smallest absolute Gasteiger partial charge is 0.272 e. The van der Waals surface area contributed by atoms with Crippen molar-refractivity contribution in [2.45, 2.75) is 31.2 Å². The highest BCUT2D eigenvalue weighted by Crippen LogP contribution is 2.37. The Labute approximate surface area is 228 Å². The lowest BCUT2D eigenvalue weighted by atomic mass is 10.2. The fourth-order valence-electron chi connectivity index (χ4n) is 4.33. The third kappa shape index (κ3) is 5.31. The molecule has 1 fully saturated rings. The van der Waals surface area contributed by atoms with Gasteiger partial charge in [-0.25, -0.2) is 12.8 Å². The second-order valence-electron chi connectivity index (χ2n) is 9.03. The maximum absolute atomic E-state index is 14.1. The van der Waals surface area contributed by atoms with Crippen LogP contribution in [0, 0.1) is 22.9 Å². The van der Waals surface area contributed by atoms with E-state index < -0.39 is 37.3 Å². The number of carbonyl (C=O) groups excluding carboxylic acids is 1. The van der Waals surface area contributed by atoms with Crippen LogP contribution in [-0.2, 0) is 16.6 Å². The number of nitro groups is 1. The Balaban J connectivity index is 1.60. The molecule has 2 aromatic carbocycles. The lowest BCUT2D eigenvalue weighted by Crippen LogP contribution is -2.28. The summed E-state index contributed by atoms with van der Waals surface area (Å²) < 4.78 is 54.9. The van der Waals surface area contributed by atoms with Gasteiger partial charge >= 0.3 is 0 Å². The Kier molecular flexibility index (Phi) is 7.36. The van der Waals surface area contributed by atoms with Crippen molar-refractivity contribution in [1.29, 1.82) is 0 Å². The molecule has 1 aliphatic heterocycles. The number of non-ortho nitro benzene ring substituents is 1. The maximum atomic E-state index is 14.1. The number of aromatic nitrogens is 2. The van der Waals surface area contributed by atoms with Crippen LogP contribution in [-0.4, -0.2) is 46.4 Å². The second-order valence-corrected chi connectivity index (χ2v) is 10.9. The van der Waals surface area contributed by atoms with Crippen molar-refractivity contribution in [2.75, 3.05) is 13.1 Å². The summed E-state index contributed by atoms with van der Waals surface area (Å²) in [6.45, 7) is 2.16. The van der Waals surface area contributed by atoms with Gasteiger partial charge in [0.1, 0.15) is 22.2 Å². The van der Waals surface area contributed by atoms with Crippen LogP contribution < -0.4 is 10.1 Å². The molecule has 4 aromatic rings. The summed E-state index contributed by atoms with van der Waals surface area (Å²) in [7, 11) is -4.16. The Morgan fingerprint density at radius 3 is 2.62 bits per heavy atom. The van der Waals surface area contributed by atoms with Crippen molar-refractivity contribution in [3.8, 4) is 17.3 Å². The van der Waals surface area contributed by atoms with Crippen molar-refractivity contribution in [2.24, 2.45) is 0 Å². The van der Waals surface area contributed by atoms with Crippen LogP contribution in [0.1, 0.15) is 34.7 Å². The number of amides is 1. The summed E-state index contributed by atoms with van der Waals surface area (Å²) in [5.41, 5.74) is -0.0618. The van der Waals surface area contributed by atoms with E-state index in [0.717, 1.165) is 12.1 Å². The average Bonchev–Trinajstić information content (AvgIpc) is 3.71. The molecule has 1 N–H and O–H groups in total. The third-order valence-corrected chi connectivity index (χ3v) is 8.29. The van der Waals surface area contributed by atoms with Crippen LogP contribution in [0.2, 0.25) is 0 Å². The zero-order chi connectivity index (χ0) is 28.4. The largest absolute Gasteiger partial charge is 0.467 e. The molecule has 0 aliphatic carbocycles. The molecule has 0 spiro atoms. The minimum absolute atomic E-state index is 0.0586. The van der Waals surface area contributed by atoms with Crippen LogP contribution in [0.3, 0.4) is 0 Å². The summed E-state index contributed by atoms with van der Waals surface area (Å²) in [6, 6.07) is 12.0. The Morgan fingerprint density at radius 2 is 1.95 bits per heavy atom. The first-order valence-corrected chi connectivity index (χ1v) is 13.7. The van der Waals surface area contributed by atoms with Crippen molar-refractivity contribution >= 4 is 21.6 Å². The summed E-state index contributed by atoms with van der Waals surface area (Å²) in [4.78, 5) is 23.4. The van der Waals surface area contributed by atoms with Crippen molar-refractivity contribution in [3.63, 3.8) is 0 Å². The molecule has 0 unspecified atom stereocenters. The second kappa shape index (κ2) is 10.9. The molecule has 0 radical (unpaired) electrons. The average molecular weight is 570 g/mol. The van der Waals surface area contributed by atoms with Crippen LogP contribution in [0.5, 0.6) is 11.6 Å². The standard InChI is InChI=1S/C26H24FN5O7S/c1-17-24(25(33)28-16-21-8-5-13-38-21)29-31(19-7-4-6-18(27)14-19)26(17)39-22-10-9-20(32(34)35)15-23(22)40(36,37)30-11-2-3-12-30/h4-10,13-15H,2-3,11-12,16H2,1H3,(H,28,33). The monoisotopic (exact) mass is 569 g/mol. The fraction of sp³-hybridized carbons (Fsp3) is 0.231. The number of sulfonamides is 1. The number of halogens is 1. The van der Waals surface area contributed by atoms with Gasteiger partial charge in [-0.1, -0.05) is 6.07 Å². The van der Waals surface area contributed by atoms with Crippen molar-refractivity contribution < 1.29 is 31.7 Å². The zero-order valence-electron chi connectivity index (χ0n) is 21.2. The molecule has 1 saturated heterocycles. The third-order valence-electron chi connectivity index (χ3n) is 6.37. The molecule has 1 amide bonds. The van der Waals surface area contributed by atoms with Crippen molar-refractivity contribution in [3.05, 3.63) is 93.8 Å². The first-order chi connectivity index (χ1) is 19.1. The van der Waals surface area contributed by atoms with E-state index in [1.165, 1.54) is 45.6 Å². The molecular formula is C26H24FN5O7S. The summed E-state index contributed by atoms with van der Waals surface area (Å²) in [6.07, 6.45) is 2.79. The minimum Gasteiger partial charge on any atom is -0.467 e. The predicted octanol–water partition coefficient (Wildman–Crippen LogP) is 4.33. The number of nitrogens with one attached hydrogen (secondary N) is 1. The van der Waals surface area contributed by atoms with E-state index in [1.807, 2.05) is 0 Å². The minimum atomic E-state index is -4.16. The van der Waals surface area contributed by atoms with Crippen LogP contribution in [0.15, 0.2) is 70.2 Å². The first-order valence-electron chi connectivity index (χ1n) is 12.3. The van der Waals surface area contributed by atoms with E-state index in [9.17, 15) is 27.7 Å². The van der Waals surface area contributed by atoms with E-state index in [0.29, 0.717) is 18.6 Å². The van der Waals surface area contributed by atoms with Gasteiger partial charge in [-0.3, -0.25) is 14.9 Å². The van der Waals surface area contributed by atoms with Crippen LogP contribution in [0.4, 0.5) is 10.1 Å². The molecule has 5 rings (SSSR count). The van der Waals surface area contributed by atoms with Gasteiger partial charge in [0.25, 0.3) is 11.6 Å². The SMILES string of the molecule is Cc1c(C(=O)NCc2ccco2)nn(-c2cccc(F)c2)c1Oc1ccc([N+](=O)[O-])cc1S(=O)(=O)N1CCCC1. The van der Waals surface area contributed by atoms with Gasteiger partial charge in [0.2, 0.25) is 15.9 Å². The van der Waals surface area contributed by atoms with E-state index >= 15 is 0 Å². The predicted molar refractivity (Wildman–Crippen MR) is 139 cm³/mol. The Bertz CT molecular complexity index is 1680. The molecule has 3 heterocycles. The number of ether oxygens (including phenoxy) is 1. The molecule has 14 heteroatoms. The van der Waals surface area contributed by atoms with Gasteiger partial charge in [-0.15, -0.1) is 0 Å². The summed E-state index contributed by atoms with van der Waals surface area (Å²) in [5.74, 6) is -0.925. The highest BCUT2D eigenvalue weighted by atomic mass is 32.2. The quantitative estimate of drug-likeness (QED) is 0.231. The van der Waals surface area contributed by atoms with Gasteiger partial charge in [-0.2, -0.15) is 14.1 Å². The highest BCUT2D eigenvalue weighted by molar-refractivity contribution is 7.89. The summed E-state index contributed by atoms with van der Waals surface area (Å²) >= 11 is 0. The molecule has 0 atom stereocenters. The van der Waals surface area contributed by atoms with E-state index in [4.69, 9.17) is 9.15 Å². The number of benzene rings is 2. The Morgan fingerprint density at radius 1 is 1.18 bits per heavy atom. The van der Waals surface area contributed by atoms with E-state index in [1.54, 1.807) is 19.1 Å². The topological polar surface area (TPSA) is 150 Å². The molecular weight excluding hydrogens is 545 g/mol. The number of hydrogen-bond acceptors (Lipinski definition) is 8. The highest BCUT2D eigenvalue weighted by Gasteiger charge is 2.33. The van der Waals surface area contributed by atoms with Gasteiger partial charge in [-0.05, 0) is 56.2 Å². The Hall–Kier alpha value is -4.56. The number of nitrogens with zero attached hydrogens (tertiary/aromatic N) is 4. The van der Waals surface area contributed by atoms with Gasteiger partial charge in [0, 0.05) is 30.8 Å². The lowest BCUT2D eigenvalue weighted by Gasteiger charge is -2.18. The molecule has 12 nitrogen and oxygen atoms in total. The molecule has 0 saturated carbocycles. The maximum Gasteiger partial charge on any atom is 0.272 e. The molecule has 208 valence electrons. The molecule has 40 heavy (non-hydrogen) atoms. The number of furan rings is 1. The summed E-state index contributed by atoms with van der Waals surface area (Å²) in [5, 5.41) is 18.5. The van der Waals surface area contributed by atoms with E-state index in [2.05, 4.69) is 10.4 Å². The molecule has 2 aromatic heterocycles. The van der Waals surface area contributed by atoms with Crippen molar-refractivity contribution in [1.82, 2.24) is 19.4 Å². The molecule has 1 aliphatic rings. The number of carbonyl (C=O) groups is 1. The van der Waals surface area contributed by atoms with E-state index in [-0.39, 0.29) is 48.2 Å².